The van der Waals surface area contributed by atoms with Crippen LogP contribution in [-0.4, -0.2) is 39.2 Å². The molecule has 1 heterocycles. The van der Waals surface area contributed by atoms with Crippen molar-refractivity contribution in [3.63, 3.8) is 0 Å². The van der Waals surface area contributed by atoms with E-state index in [1.165, 1.54) is 12.1 Å². The van der Waals surface area contributed by atoms with Gasteiger partial charge in [0.05, 0.1) is 0 Å². The lowest BCUT2D eigenvalue weighted by molar-refractivity contribution is 0.413. The first kappa shape index (κ1) is 25.5. The first-order chi connectivity index (χ1) is 14.6. The molecule has 31 heavy (non-hydrogen) atoms. The Balaban J connectivity index is 0.00000341. The number of pyridine rings is 1. The molecule has 3 rings (SSSR count). The number of halogens is 2. The zero-order chi connectivity index (χ0) is 21.3. The van der Waals surface area contributed by atoms with Gasteiger partial charge < -0.3 is 15.4 Å². The Labute approximate surface area is 203 Å². The number of rotatable bonds is 7. The topological polar surface area (TPSA) is 75.6 Å². The van der Waals surface area contributed by atoms with Crippen LogP contribution in [0.5, 0.6) is 11.6 Å². The highest BCUT2D eigenvalue weighted by Crippen LogP contribution is 2.23. The highest BCUT2D eigenvalue weighted by molar-refractivity contribution is 14.0. The average Bonchev–Trinajstić information content (AvgIpc) is 2.78. The average molecular weight is 560 g/mol. The lowest BCUT2D eigenvalue weighted by atomic mass is 9.95. The molecule has 0 aliphatic heterocycles. The van der Waals surface area contributed by atoms with Gasteiger partial charge in [0, 0.05) is 53.7 Å². The Morgan fingerprint density at radius 3 is 2.77 bits per heavy atom. The number of guanidine groups is 1. The van der Waals surface area contributed by atoms with Gasteiger partial charge in [0.2, 0.25) is 5.88 Å². The molecule has 1 aliphatic rings. The fourth-order valence-corrected chi connectivity index (χ4v) is 4.91. The summed E-state index contributed by atoms with van der Waals surface area (Å²) in [5.74, 6) is 2.11. The van der Waals surface area contributed by atoms with Gasteiger partial charge in [-0.3, -0.25) is 9.20 Å². The number of hydrogen-bond acceptors (Lipinski definition) is 4. The Kier molecular flexibility index (Phi) is 10.7. The van der Waals surface area contributed by atoms with Crippen LogP contribution in [0, 0.1) is 5.82 Å². The summed E-state index contributed by atoms with van der Waals surface area (Å²) in [6, 6.07) is 9.85. The number of aromatic nitrogens is 1. The SMILES string of the molecule is CCS(=O)C1CCCC(NC(=NC)NCc2ccnc(Oc3ccc(F)cc3)c2)C1.I. The molecule has 3 unspecified atom stereocenters. The van der Waals surface area contributed by atoms with Gasteiger partial charge in [-0.15, -0.1) is 24.0 Å². The summed E-state index contributed by atoms with van der Waals surface area (Å²) in [6.07, 6.45) is 5.77. The van der Waals surface area contributed by atoms with E-state index >= 15 is 0 Å². The third-order valence-corrected chi connectivity index (χ3v) is 6.88. The van der Waals surface area contributed by atoms with E-state index in [0.717, 1.165) is 37.2 Å². The Bertz CT molecular complexity index is 882. The van der Waals surface area contributed by atoms with Crippen LogP contribution >= 0.6 is 24.0 Å². The van der Waals surface area contributed by atoms with Crippen molar-refractivity contribution in [3.8, 4) is 11.6 Å². The van der Waals surface area contributed by atoms with Gasteiger partial charge in [0.1, 0.15) is 11.6 Å². The zero-order valence-electron chi connectivity index (χ0n) is 17.8. The van der Waals surface area contributed by atoms with E-state index in [4.69, 9.17) is 4.74 Å². The molecule has 2 N–H and O–H groups in total. The first-order valence-corrected chi connectivity index (χ1v) is 11.7. The van der Waals surface area contributed by atoms with Gasteiger partial charge in [0.15, 0.2) is 5.96 Å². The highest BCUT2D eigenvalue weighted by Gasteiger charge is 2.26. The van der Waals surface area contributed by atoms with Crippen LogP contribution in [0.1, 0.15) is 38.2 Å². The van der Waals surface area contributed by atoms with E-state index in [2.05, 4.69) is 20.6 Å². The Morgan fingerprint density at radius 1 is 1.29 bits per heavy atom. The van der Waals surface area contributed by atoms with E-state index in [9.17, 15) is 8.60 Å². The van der Waals surface area contributed by atoms with E-state index in [1.54, 1.807) is 25.4 Å². The van der Waals surface area contributed by atoms with Gasteiger partial charge in [-0.1, -0.05) is 13.3 Å². The van der Waals surface area contributed by atoms with Gasteiger partial charge >= 0.3 is 0 Å². The summed E-state index contributed by atoms with van der Waals surface area (Å²) in [6.45, 7) is 2.54. The molecule has 0 spiro atoms. The molecule has 9 heteroatoms. The maximum absolute atomic E-state index is 13.0. The van der Waals surface area contributed by atoms with Crippen LogP contribution in [0.15, 0.2) is 47.6 Å². The molecule has 0 saturated heterocycles. The normalized spacial score (nSPS) is 19.8. The molecule has 2 aromatic rings. The number of ether oxygens (including phenoxy) is 1. The summed E-state index contributed by atoms with van der Waals surface area (Å²) >= 11 is 0. The maximum atomic E-state index is 13.0. The van der Waals surface area contributed by atoms with Crippen molar-refractivity contribution in [3.05, 3.63) is 54.0 Å². The van der Waals surface area contributed by atoms with Crippen molar-refractivity contribution in [1.29, 1.82) is 0 Å². The van der Waals surface area contributed by atoms with Crippen LogP contribution in [0.2, 0.25) is 0 Å². The number of hydrogen-bond donors (Lipinski definition) is 2. The molecule has 1 aliphatic carbocycles. The number of aliphatic imine (C=N–C) groups is 1. The van der Waals surface area contributed by atoms with Crippen LogP contribution < -0.4 is 15.4 Å². The summed E-state index contributed by atoms with van der Waals surface area (Å²) in [7, 11) is 0.998. The second-order valence-electron chi connectivity index (χ2n) is 7.28. The third kappa shape index (κ3) is 8.03. The molecule has 1 aromatic carbocycles. The number of benzene rings is 1. The van der Waals surface area contributed by atoms with Gasteiger partial charge in [-0.25, -0.2) is 9.37 Å². The third-order valence-electron chi connectivity index (χ3n) is 5.14. The highest BCUT2D eigenvalue weighted by atomic mass is 127. The zero-order valence-corrected chi connectivity index (χ0v) is 21.0. The van der Waals surface area contributed by atoms with Crippen molar-refractivity contribution in [2.75, 3.05) is 12.8 Å². The van der Waals surface area contributed by atoms with Gasteiger partial charge in [-0.2, -0.15) is 0 Å². The van der Waals surface area contributed by atoms with Gasteiger partial charge in [-0.05, 0) is 55.2 Å². The van der Waals surface area contributed by atoms with Gasteiger partial charge in [0.25, 0.3) is 0 Å². The maximum Gasteiger partial charge on any atom is 0.219 e. The lowest BCUT2D eigenvalue weighted by Gasteiger charge is -2.30. The molecule has 6 nitrogen and oxygen atoms in total. The molecule has 0 radical (unpaired) electrons. The van der Waals surface area contributed by atoms with Crippen LogP contribution in [0.3, 0.4) is 0 Å². The summed E-state index contributed by atoms with van der Waals surface area (Å²) < 4.78 is 30.9. The minimum Gasteiger partial charge on any atom is -0.439 e. The molecule has 3 atom stereocenters. The Hall–Kier alpha value is -1.75. The van der Waals surface area contributed by atoms with Crippen LogP contribution in [-0.2, 0) is 17.3 Å². The largest absolute Gasteiger partial charge is 0.439 e. The standard InChI is InChI=1S/C22H29FN4O2S.HI/c1-3-30(28)20-6-4-5-18(14-20)27-22(24-2)26-15-16-11-12-25-21(13-16)29-19-9-7-17(23)8-10-19;/h7-13,18,20H,3-6,14-15H2,1-2H3,(H2,24,26,27);1H. The molecule has 170 valence electrons. The Morgan fingerprint density at radius 2 is 2.06 bits per heavy atom. The first-order valence-electron chi connectivity index (χ1n) is 10.3. The second kappa shape index (κ2) is 12.9. The van der Waals surface area contributed by atoms with Crippen molar-refractivity contribution >= 4 is 40.7 Å². The predicted molar refractivity (Wildman–Crippen MR) is 134 cm³/mol. The molecular weight excluding hydrogens is 530 g/mol. The van der Waals surface area contributed by atoms with Crippen molar-refractivity contribution < 1.29 is 13.3 Å². The predicted octanol–water partition coefficient (Wildman–Crippen LogP) is 4.38. The molecule has 0 amide bonds. The summed E-state index contributed by atoms with van der Waals surface area (Å²) in [5.41, 5.74) is 0.985. The summed E-state index contributed by atoms with van der Waals surface area (Å²) in [4.78, 5) is 8.53. The fourth-order valence-electron chi connectivity index (χ4n) is 3.56. The number of nitrogens with one attached hydrogen (secondary N) is 2. The summed E-state index contributed by atoms with van der Waals surface area (Å²) in [5, 5.41) is 7.06. The minimum atomic E-state index is -0.747. The molecule has 1 saturated carbocycles. The number of nitrogens with zero attached hydrogens (tertiary/aromatic N) is 2. The smallest absolute Gasteiger partial charge is 0.219 e. The minimum absolute atomic E-state index is 0. The fraction of sp³-hybridized carbons (Fsp3) is 0.455. The van der Waals surface area contributed by atoms with Crippen molar-refractivity contribution in [2.24, 2.45) is 4.99 Å². The van der Waals surface area contributed by atoms with E-state index in [1.807, 2.05) is 19.1 Å². The molecular formula is C22H30FIN4O2S. The monoisotopic (exact) mass is 560 g/mol. The van der Waals surface area contributed by atoms with Crippen molar-refractivity contribution in [1.82, 2.24) is 15.6 Å². The van der Waals surface area contributed by atoms with E-state index in [-0.39, 0.29) is 41.1 Å². The lowest BCUT2D eigenvalue weighted by Crippen LogP contribution is -2.46. The van der Waals surface area contributed by atoms with E-state index < -0.39 is 10.8 Å². The van der Waals surface area contributed by atoms with Crippen LogP contribution in [0.4, 0.5) is 4.39 Å². The quantitative estimate of drug-likeness (QED) is 0.299. The van der Waals surface area contributed by atoms with Crippen molar-refractivity contribution in [2.45, 2.75) is 50.4 Å². The van der Waals surface area contributed by atoms with E-state index in [0.29, 0.717) is 23.9 Å². The molecule has 0 bridgehead atoms. The molecule has 1 fully saturated rings. The van der Waals surface area contributed by atoms with Crippen LogP contribution in [0.25, 0.3) is 0 Å². The molecule has 1 aromatic heterocycles. The second-order valence-corrected chi connectivity index (χ2v) is 9.29.